The second kappa shape index (κ2) is 8.84. The van der Waals surface area contributed by atoms with Gasteiger partial charge >= 0.3 is 0 Å². The number of carbonyl (C=O) groups is 2. The molecule has 0 fully saturated rings. The van der Waals surface area contributed by atoms with E-state index < -0.39 is 28.6 Å². The van der Waals surface area contributed by atoms with Gasteiger partial charge in [-0.15, -0.1) is 0 Å². The van der Waals surface area contributed by atoms with Gasteiger partial charge in [-0.3, -0.25) is 9.59 Å². The Morgan fingerprint density at radius 2 is 2.05 bits per heavy atom. The highest BCUT2D eigenvalue weighted by Crippen LogP contribution is 2.26. The molecule has 112 valence electrons. The van der Waals surface area contributed by atoms with E-state index in [1.54, 1.807) is 0 Å². The normalized spacial score (nSPS) is 17.4. The van der Waals surface area contributed by atoms with Gasteiger partial charge in [0.2, 0.25) is 5.91 Å². The number of Topliss-reactive ketones (excluding diaryl/α,β-unsaturated/α-hetero) is 1. The number of nitrogens with one attached hydrogen (secondary N) is 1. The molecule has 0 aromatic rings. The van der Waals surface area contributed by atoms with E-state index in [9.17, 15) is 14.7 Å². The van der Waals surface area contributed by atoms with Crippen molar-refractivity contribution in [3.8, 4) is 0 Å². The van der Waals surface area contributed by atoms with Gasteiger partial charge in [-0.05, 0) is 12.8 Å². The Kier molecular flexibility index (Phi) is 8.73. The summed E-state index contributed by atoms with van der Waals surface area (Å²) < 4.78 is -0.394. The molecule has 0 aliphatic carbocycles. The van der Waals surface area contributed by atoms with E-state index in [1.165, 1.54) is 0 Å². The molecule has 0 saturated carbocycles. The molecule has 3 atom stereocenters. The number of aliphatic hydroxyl groups excluding tert-OH is 1. The quantitative estimate of drug-likeness (QED) is 0.393. The molecule has 0 aliphatic heterocycles. The summed E-state index contributed by atoms with van der Waals surface area (Å²) in [5.74, 6) is -0.679. The van der Waals surface area contributed by atoms with Crippen molar-refractivity contribution in [3.63, 3.8) is 0 Å². The second-order valence-electron chi connectivity index (χ2n) is 4.94. The smallest absolute Gasteiger partial charge is 0.238 e. The minimum Gasteiger partial charge on any atom is -0.385 e. The second-order valence-corrected chi connectivity index (χ2v) is 6.38. The van der Waals surface area contributed by atoms with E-state index in [4.69, 9.17) is 5.73 Å². The summed E-state index contributed by atoms with van der Waals surface area (Å²) in [6.45, 7) is 3.67. The molecule has 0 radical (unpaired) electrons. The number of thiol groups is 2. The predicted molar refractivity (Wildman–Crippen MR) is 82.8 cm³/mol. The molecule has 0 bridgehead atoms. The predicted octanol–water partition coefficient (Wildman–Crippen LogP) is 0.168. The third kappa shape index (κ3) is 7.81. The van der Waals surface area contributed by atoms with Crippen molar-refractivity contribution in [2.24, 2.45) is 5.73 Å². The molecule has 0 heterocycles. The van der Waals surface area contributed by atoms with Crippen LogP contribution in [0.4, 0.5) is 0 Å². The molecular formula is C12H24N2O3S2. The van der Waals surface area contributed by atoms with Gasteiger partial charge in [0.1, 0.15) is 6.10 Å². The van der Waals surface area contributed by atoms with Crippen LogP contribution < -0.4 is 11.1 Å². The van der Waals surface area contributed by atoms with Crippen molar-refractivity contribution in [1.82, 2.24) is 5.32 Å². The van der Waals surface area contributed by atoms with Crippen molar-refractivity contribution >= 4 is 36.9 Å². The number of ketones is 1. The maximum Gasteiger partial charge on any atom is 0.238 e. The van der Waals surface area contributed by atoms with E-state index in [0.717, 1.165) is 12.8 Å². The minimum atomic E-state index is -1.12. The van der Waals surface area contributed by atoms with Gasteiger partial charge in [0.25, 0.3) is 0 Å². The van der Waals surface area contributed by atoms with Crippen LogP contribution in [0.3, 0.4) is 0 Å². The lowest BCUT2D eigenvalue weighted by Crippen LogP contribution is -2.45. The Balaban J connectivity index is 4.18. The molecule has 0 saturated heterocycles. The summed E-state index contributed by atoms with van der Waals surface area (Å²) in [7, 11) is 0. The summed E-state index contributed by atoms with van der Waals surface area (Å²) in [6, 6.07) is -0.747. The lowest BCUT2D eigenvalue weighted by atomic mass is 9.95. The number of hydrogen-bond donors (Lipinski definition) is 5. The first-order chi connectivity index (χ1) is 8.73. The van der Waals surface area contributed by atoms with Crippen molar-refractivity contribution in [3.05, 3.63) is 0 Å². The largest absolute Gasteiger partial charge is 0.385 e. The number of rotatable bonds is 9. The van der Waals surface area contributed by atoms with Crippen LogP contribution in [-0.2, 0) is 9.59 Å². The Morgan fingerprint density at radius 1 is 1.47 bits per heavy atom. The Morgan fingerprint density at radius 3 is 2.53 bits per heavy atom. The highest BCUT2D eigenvalue weighted by molar-refractivity contribution is 7.81. The molecule has 4 N–H and O–H groups in total. The lowest BCUT2D eigenvalue weighted by Gasteiger charge is -2.25. The molecule has 7 heteroatoms. The zero-order valence-corrected chi connectivity index (χ0v) is 13.2. The molecule has 0 aromatic heterocycles. The summed E-state index contributed by atoms with van der Waals surface area (Å²) in [5, 5.41) is 12.2. The highest BCUT2D eigenvalue weighted by Gasteiger charge is 2.26. The van der Waals surface area contributed by atoms with Gasteiger partial charge in [0.05, 0.1) is 12.6 Å². The Labute approximate surface area is 125 Å². The van der Waals surface area contributed by atoms with E-state index in [0.29, 0.717) is 0 Å². The Hall–Kier alpha value is -0.240. The molecule has 0 spiro atoms. The third-order valence-electron chi connectivity index (χ3n) is 2.76. The number of carbonyl (C=O) groups excluding carboxylic acids is 2. The van der Waals surface area contributed by atoms with Crippen LogP contribution in [-0.4, -0.2) is 46.0 Å². The van der Waals surface area contributed by atoms with E-state index >= 15 is 0 Å². The lowest BCUT2D eigenvalue weighted by molar-refractivity contribution is -0.130. The molecule has 2 unspecified atom stereocenters. The van der Waals surface area contributed by atoms with E-state index in [-0.39, 0.29) is 18.7 Å². The van der Waals surface area contributed by atoms with Crippen LogP contribution >= 0.6 is 25.3 Å². The topological polar surface area (TPSA) is 92.4 Å². The number of aliphatic hydroxyl groups is 1. The average molecular weight is 308 g/mol. The SMILES string of the molecule is CCCC(C)(S)CC(O)C(=O)CNC(=O)[C@@H](N)CS. The zero-order chi connectivity index (χ0) is 15.1. The monoisotopic (exact) mass is 308 g/mol. The van der Waals surface area contributed by atoms with Gasteiger partial charge < -0.3 is 16.2 Å². The van der Waals surface area contributed by atoms with Crippen molar-refractivity contribution in [2.45, 2.75) is 50.0 Å². The minimum absolute atomic E-state index is 0.202. The van der Waals surface area contributed by atoms with Crippen LogP contribution in [0.2, 0.25) is 0 Å². The molecular weight excluding hydrogens is 284 g/mol. The van der Waals surface area contributed by atoms with E-state index in [2.05, 4.69) is 30.6 Å². The third-order valence-corrected chi connectivity index (χ3v) is 3.56. The zero-order valence-electron chi connectivity index (χ0n) is 11.4. The fraction of sp³-hybridized carbons (Fsp3) is 0.833. The molecule has 0 aliphatic rings. The van der Waals surface area contributed by atoms with Crippen molar-refractivity contribution < 1.29 is 14.7 Å². The first kappa shape index (κ1) is 18.8. The fourth-order valence-corrected chi connectivity index (χ4v) is 2.24. The van der Waals surface area contributed by atoms with Crippen LogP contribution in [0.5, 0.6) is 0 Å². The fourth-order valence-electron chi connectivity index (χ4n) is 1.68. The maximum absolute atomic E-state index is 11.7. The van der Waals surface area contributed by atoms with E-state index in [1.807, 2.05) is 13.8 Å². The first-order valence-corrected chi connectivity index (χ1v) is 7.38. The first-order valence-electron chi connectivity index (χ1n) is 6.30. The highest BCUT2D eigenvalue weighted by atomic mass is 32.1. The number of nitrogens with two attached hydrogens (primary N) is 1. The van der Waals surface area contributed by atoms with Crippen LogP contribution in [0.1, 0.15) is 33.1 Å². The van der Waals surface area contributed by atoms with Crippen LogP contribution in [0.25, 0.3) is 0 Å². The summed E-state index contributed by atoms with van der Waals surface area (Å²) in [4.78, 5) is 23.0. The molecule has 0 rings (SSSR count). The molecule has 5 nitrogen and oxygen atoms in total. The van der Waals surface area contributed by atoms with Gasteiger partial charge in [-0.25, -0.2) is 0 Å². The number of hydrogen-bond acceptors (Lipinski definition) is 6. The molecule has 19 heavy (non-hydrogen) atoms. The Bertz CT molecular complexity index is 311. The summed E-state index contributed by atoms with van der Waals surface area (Å²) in [5.41, 5.74) is 5.45. The summed E-state index contributed by atoms with van der Waals surface area (Å²) in [6.07, 6.45) is 0.866. The number of amides is 1. The van der Waals surface area contributed by atoms with Crippen molar-refractivity contribution in [1.29, 1.82) is 0 Å². The molecule has 1 amide bonds. The van der Waals surface area contributed by atoms with Crippen LogP contribution in [0.15, 0.2) is 0 Å². The standard InChI is InChI=1S/C12H24N2O3S2/c1-3-4-12(2,19)5-9(15)10(16)6-14-11(17)8(13)7-18/h8-9,15,18-19H,3-7,13H2,1-2H3,(H,14,17)/t8-,9?,12?/m0/s1. The van der Waals surface area contributed by atoms with Gasteiger partial charge in [-0.2, -0.15) is 25.3 Å². The average Bonchev–Trinajstić information content (AvgIpc) is 2.33. The van der Waals surface area contributed by atoms with Gasteiger partial charge in [-0.1, -0.05) is 20.3 Å². The molecule has 0 aromatic carbocycles. The van der Waals surface area contributed by atoms with Gasteiger partial charge in [0.15, 0.2) is 5.78 Å². The maximum atomic E-state index is 11.7. The van der Waals surface area contributed by atoms with Crippen molar-refractivity contribution in [2.75, 3.05) is 12.3 Å². The summed E-state index contributed by atoms with van der Waals surface area (Å²) >= 11 is 8.32. The van der Waals surface area contributed by atoms with Crippen LogP contribution in [0, 0.1) is 0 Å². The van der Waals surface area contributed by atoms with Gasteiger partial charge in [0, 0.05) is 10.5 Å².